The Hall–Kier alpha value is -1.06. The molecular formula is C17H29NO2. The zero-order valence-corrected chi connectivity index (χ0v) is 13.2. The molecule has 0 amide bonds. The van der Waals surface area contributed by atoms with Crippen LogP contribution in [0.5, 0.6) is 5.75 Å². The lowest BCUT2D eigenvalue weighted by Gasteiger charge is -2.17. The van der Waals surface area contributed by atoms with Crippen LogP contribution in [0.2, 0.25) is 0 Å². The van der Waals surface area contributed by atoms with Gasteiger partial charge in [-0.05, 0) is 49.9 Å². The minimum absolute atomic E-state index is 0.450. The molecule has 0 aliphatic carbocycles. The van der Waals surface area contributed by atoms with Gasteiger partial charge in [0.2, 0.25) is 0 Å². The molecule has 0 saturated heterocycles. The molecule has 0 aliphatic rings. The van der Waals surface area contributed by atoms with E-state index in [9.17, 15) is 0 Å². The van der Waals surface area contributed by atoms with Crippen molar-refractivity contribution in [1.82, 2.24) is 5.32 Å². The number of hydrogen-bond donors (Lipinski definition) is 1. The first-order valence-corrected chi connectivity index (χ1v) is 7.76. The molecule has 0 aliphatic heterocycles. The van der Waals surface area contributed by atoms with Crippen molar-refractivity contribution >= 4 is 0 Å². The number of unbranched alkanes of at least 4 members (excludes halogenated alkanes) is 1. The summed E-state index contributed by atoms with van der Waals surface area (Å²) in [5.41, 5.74) is 1.34. The summed E-state index contributed by atoms with van der Waals surface area (Å²) in [6, 6.07) is 8.93. The van der Waals surface area contributed by atoms with Crippen LogP contribution in [0.15, 0.2) is 24.3 Å². The molecule has 0 heterocycles. The van der Waals surface area contributed by atoms with Gasteiger partial charge in [-0.2, -0.15) is 0 Å². The van der Waals surface area contributed by atoms with Crippen molar-refractivity contribution in [2.75, 3.05) is 26.9 Å². The fourth-order valence-corrected chi connectivity index (χ4v) is 2.15. The van der Waals surface area contributed by atoms with Crippen LogP contribution in [0.4, 0.5) is 0 Å². The molecule has 0 fully saturated rings. The Morgan fingerprint density at radius 3 is 2.35 bits per heavy atom. The molecule has 1 rings (SSSR count). The second-order valence-corrected chi connectivity index (χ2v) is 5.03. The van der Waals surface area contributed by atoms with Gasteiger partial charge in [0.15, 0.2) is 0 Å². The smallest absolute Gasteiger partial charge is 0.119 e. The van der Waals surface area contributed by atoms with Crippen LogP contribution in [-0.2, 0) is 4.74 Å². The number of hydrogen-bond acceptors (Lipinski definition) is 3. The highest BCUT2D eigenvalue weighted by Gasteiger charge is 2.07. The van der Waals surface area contributed by atoms with E-state index in [1.54, 1.807) is 7.11 Å². The molecule has 1 N–H and O–H groups in total. The first-order valence-electron chi connectivity index (χ1n) is 7.76. The third-order valence-electron chi connectivity index (χ3n) is 3.34. The molecule has 1 unspecified atom stereocenters. The summed E-state index contributed by atoms with van der Waals surface area (Å²) in [5, 5.41) is 3.57. The van der Waals surface area contributed by atoms with Crippen LogP contribution < -0.4 is 10.1 Å². The van der Waals surface area contributed by atoms with Crippen LogP contribution in [0.25, 0.3) is 0 Å². The van der Waals surface area contributed by atoms with E-state index in [1.165, 1.54) is 12.0 Å². The second-order valence-electron chi connectivity index (χ2n) is 5.03. The topological polar surface area (TPSA) is 30.5 Å². The number of rotatable bonds is 11. The molecule has 0 radical (unpaired) electrons. The van der Waals surface area contributed by atoms with Crippen molar-refractivity contribution in [2.24, 2.45) is 0 Å². The van der Waals surface area contributed by atoms with E-state index < -0.39 is 0 Å². The van der Waals surface area contributed by atoms with Crippen molar-refractivity contribution in [3.05, 3.63) is 29.8 Å². The molecule has 3 heteroatoms. The average molecular weight is 279 g/mol. The van der Waals surface area contributed by atoms with E-state index in [-0.39, 0.29) is 0 Å². The van der Waals surface area contributed by atoms with E-state index in [4.69, 9.17) is 9.47 Å². The average Bonchev–Trinajstić information content (AvgIpc) is 2.49. The second kappa shape index (κ2) is 10.7. The van der Waals surface area contributed by atoms with E-state index in [0.717, 1.165) is 44.8 Å². The lowest BCUT2D eigenvalue weighted by Crippen LogP contribution is -2.21. The van der Waals surface area contributed by atoms with E-state index in [0.29, 0.717) is 6.04 Å². The summed E-state index contributed by atoms with van der Waals surface area (Å²) in [7, 11) is 1.73. The zero-order valence-electron chi connectivity index (χ0n) is 13.2. The third-order valence-corrected chi connectivity index (χ3v) is 3.34. The van der Waals surface area contributed by atoms with Gasteiger partial charge in [0, 0.05) is 19.8 Å². The van der Waals surface area contributed by atoms with Gasteiger partial charge in [-0.3, -0.25) is 0 Å². The minimum atomic E-state index is 0.450. The van der Waals surface area contributed by atoms with Crippen molar-refractivity contribution in [3.8, 4) is 5.75 Å². The van der Waals surface area contributed by atoms with Gasteiger partial charge >= 0.3 is 0 Å². The lowest BCUT2D eigenvalue weighted by atomic mass is 10.0. The first-order chi connectivity index (χ1) is 9.81. The van der Waals surface area contributed by atoms with E-state index in [2.05, 4.69) is 43.4 Å². The Morgan fingerprint density at radius 2 is 1.75 bits per heavy atom. The maximum Gasteiger partial charge on any atom is 0.119 e. The quantitative estimate of drug-likeness (QED) is 0.622. The first kappa shape index (κ1) is 17.0. The molecule has 114 valence electrons. The highest BCUT2D eigenvalue weighted by Crippen LogP contribution is 2.20. The van der Waals surface area contributed by atoms with Crippen molar-refractivity contribution in [1.29, 1.82) is 0 Å². The summed E-state index contributed by atoms with van der Waals surface area (Å²) in [4.78, 5) is 0. The summed E-state index contributed by atoms with van der Waals surface area (Å²) < 4.78 is 10.7. The molecule has 1 aromatic carbocycles. The standard InChI is InChI=1S/C17H29NO2/c1-4-12-18-17(5-2)15-8-10-16(11-9-15)20-14-7-6-13-19-3/h8-11,17-18H,4-7,12-14H2,1-3H3. The molecule has 1 aromatic rings. The number of benzene rings is 1. The van der Waals surface area contributed by atoms with Crippen LogP contribution >= 0.6 is 0 Å². The van der Waals surface area contributed by atoms with Gasteiger partial charge in [-0.25, -0.2) is 0 Å². The molecule has 0 aromatic heterocycles. The van der Waals surface area contributed by atoms with E-state index >= 15 is 0 Å². The maximum absolute atomic E-state index is 5.73. The Bertz CT molecular complexity index is 337. The summed E-state index contributed by atoms with van der Waals surface area (Å²) in [6.45, 7) is 7.04. The monoisotopic (exact) mass is 279 g/mol. The summed E-state index contributed by atoms with van der Waals surface area (Å²) in [6.07, 6.45) is 4.36. The Morgan fingerprint density at radius 1 is 1.05 bits per heavy atom. The van der Waals surface area contributed by atoms with Crippen molar-refractivity contribution in [2.45, 2.75) is 45.6 Å². The molecule has 20 heavy (non-hydrogen) atoms. The number of nitrogens with one attached hydrogen (secondary N) is 1. The van der Waals surface area contributed by atoms with Gasteiger partial charge in [0.1, 0.15) is 5.75 Å². The fourth-order valence-electron chi connectivity index (χ4n) is 2.15. The molecule has 1 atom stereocenters. The third kappa shape index (κ3) is 6.40. The molecular weight excluding hydrogens is 250 g/mol. The van der Waals surface area contributed by atoms with Gasteiger partial charge in [0.25, 0.3) is 0 Å². The minimum Gasteiger partial charge on any atom is -0.494 e. The highest BCUT2D eigenvalue weighted by molar-refractivity contribution is 5.29. The van der Waals surface area contributed by atoms with Gasteiger partial charge < -0.3 is 14.8 Å². The SMILES string of the molecule is CCCNC(CC)c1ccc(OCCCCOC)cc1. The van der Waals surface area contributed by atoms with Gasteiger partial charge in [-0.15, -0.1) is 0 Å². The maximum atomic E-state index is 5.73. The zero-order chi connectivity index (χ0) is 14.6. The molecule has 3 nitrogen and oxygen atoms in total. The molecule has 0 bridgehead atoms. The largest absolute Gasteiger partial charge is 0.494 e. The summed E-state index contributed by atoms with van der Waals surface area (Å²) >= 11 is 0. The Kier molecular flexibility index (Phi) is 9.09. The predicted octanol–water partition coefficient (Wildman–Crippen LogP) is 3.94. The molecule has 0 spiro atoms. The van der Waals surface area contributed by atoms with E-state index in [1.807, 2.05) is 0 Å². The van der Waals surface area contributed by atoms with Crippen LogP contribution in [0.1, 0.15) is 51.1 Å². The van der Waals surface area contributed by atoms with Crippen LogP contribution in [0.3, 0.4) is 0 Å². The highest BCUT2D eigenvalue weighted by atomic mass is 16.5. The lowest BCUT2D eigenvalue weighted by molar-refractivity contribution is 0.184. The summed E-state index contributed by atoms with van der Waals surface area (Å²) in [5.74, 6) is 0.955. The van der Waals surface area contributed by atoms with Crippen molar-refractivity contribution < 1.29 is 9.47 Å². The van der Waals surface area contributed by atoms with Crippen LogP contribution in [0, 0.1) is 0 Å². The van der Waals surface area contributed by atoms with Gasteiger partial charge in [-0.1, -0.05) is 26.0 Å². The number of ether oxygens (including phenoxy) is 2. The fraction of sp³-hybridized carbons (Fsp3) is 0.647. The Labute approximate surface area is 123 Å². The Balaban J connectivity index is 2.38. The predicted molar refractivity (Wildman–Crippen MR) is 84.4 cm³/mol. The van der Waals surface area contributed by atoms with Gasteiger partial charge in [0.05, 0.1) is 6.61 Å². The van der Waals surface area contributed by atoms with Crippen molar-refractivity contribution in [3.63, 3.8) is 0 Å². The normalized spacial score (nSPS) is 12.3. The van der Waals surface area contributed by atoms with Crippen LogP contribution in [-0.4, -0.2) is 26.9 Å². The molecule has 0 saturated carbocycles. The number of methoxy groups -OCH3 is 1.